The van der Waals surface area contributed by atoms with Crippen LogP contribution >= 0.6 is 0 Å². The standard InChI is InChI=1S/C27H35N5O3S/c1-19-16-32(26-9-8-24(15-25(19)26)36(34,35)31-11-4-3-5-12-31)20(2)27(33)29-23-7-6-21-17-30(13-10-28)18-22(21)14-23/h6-9,14-16,20H,3-5,10-13,17-18,28H2,1-2H3,(H,29,33). The number of carbonyl (C=O) groups is 1. The number of rotatable bonds is 7. The first-order valence-electron chi connectivity index (χ1n) is 12.7. The van der Waals surface area contributed by atoms with Crippen molar-refractivity contribution in [1.29, 1.82) is 0 Å². The van der Waals surface area contributed by atoms with Crippen LogP contribution < -0.4 is 11.1 Å². The van der Waals surface area contributed by atoms with E-state index < -0.39 is 16.1 Å². The van der Waals surface area contributed by atoms with Crippen LogP contribution in [0.5, 0.6) is 0 Å². The average molecular weight is 510 g/mol. The lowest BCUT2D eigenvalue weighted by atomic mass is 10.1. The van der Waals surface area contributed by atoms with Gasteiger partial charge in [0.25, 0.3) is 0 Å². The molecule has 1 aromatic heterocycles. The summed E-state index contributed by atoms with van der Waals surface area (Å²) in [6.07, 6.45) is 4.81. The van der Waals surface area contributed by atoms with E-state index in [1.165, 1.54) is 11.1 Å². The van der Waals surface area contributed by atoms with Gasteiger partial charge in [-0.2, -0.15) is 4.31 Å². The minimum Gasteiger partial charge on any atom is -0.335 e. The van der Waals surface area contributed by atoms with Gasteiger partial charge in [0.1, 0.15) is 6.04 Å². The van der Waals surface area contributed by atoms with E-state index in [-0.39, 0.29) is 5.91 Å². The Labute approximate surface area is 213 Å². The molecule has 9 heteroatoms. The molecule has 36 heavy (non-hydrogen) atoms. The number of carbonyl (C=O) groups excluding carboxylic acids is 1. The SMILES string of the molecule is Cc1cn(C(C)C(=O)Nc2ccc3c(c2)CN(CCN)C3)c2ccc(S(=O)(=O)N3CCCCC3)cc12. The van der Waals surface area contributed by atoms with Gasteiger partial charge in [0.15, 0.2) is 0 Å². The lowest BCUT2D eigenvalue weighted by molar-refractivity contribution is -0.118. The summed E-state index contributed by atoms with van der Waals surface area (Å²) < 4.78 is 29.9. The highest BCUT2D eigenvalue weighted by Gasteiger charge is 2.27. The first-order valence-corrected chi connectivity index (χ1v) is 14.2. The highest BCUT2D eigenvalue weighted by Crippen LogP contribution is 2.30. The maximum absolute atomic E-state index is 13.2. The normalized spacial score (nSPS) is 17.9. The van der Waals surface area contributed by atoms with Gasteiger partial charge < -0.3 is 15.6 Å². The zero-order valence-corrected chi connectivity index (χ0v) is 21.9. The number of nitrogens with zero attached hydrogens (tertiary/aromatic N) is 3. The lowest BCUT2D eigenvalue weighted by Gasteiger charge is -2.26. The van der Waals surface area contributed by atoms with Gasteiger partial charge in [-0.1, -0.05) is 12.5 Å². The third kappa shape index (κ3) is 4.68. The number of amides is 1. The number of aryl methyl sites for hydroxylation is 1. The Morgan fingerprint density at radius 1 is 1.06 bits per heavy atom. The van der Waals surface area contributed by atoms with E-state index in [1.807, 2.05) is 42.8 Å². The molecule has 2 aliphatic heterocycles. The Morgan fingerprint density at radius 3 is 2.56 bits per heavy atom. The topological polar surface area (TPSA) is 101 Å². The largest absolute Gasteiger partial charge is 0.335 e. The van der Waals surface area contributed by atoms with Gasteiger partial charge in [-0.15, -0.1) is 0 Å². The summed E-state index contributed by atoms with van der Waals surface area (Å²) in [5.74, 6) is -0.117. The zero-order valence-electron chi connectivity index (χ0n) is 21.0. The minimum absolute atomic E-state index is 0.117. The molecule has 1 atom stereocenters. The maximum Gasteiger partial charge on any atom is 0.247 e. The number of aromatic nitrogens is 1. The quantitative estimate of drug-likeness (QED) is 0.507. The van der Waals surface area contributed by atoms with Crippen LogP contribution in [0.2, 0.25) is 0 Å². The number of nitrogens with one attached hydrogen (secondary N) is 1. The highest BCUT2D eigenvalue weighted by atomic mass is 32.2. The second kappa shape index (κ2) is 9.97. The summed E-state index contributed by atoms with van der Waals surface area (Å²) in [4.78, 5) is 15.8. The monoisotopic (exact) mass is 509 g/mol. The molecule has 1 fully saturated rings. The fraction of sp³-hybridized carbons (Fsp3) is 0.444. The molecule has 2 aromatic carbocycles. The molecule has 192 valence electrons. The molecule has 0 aliphatic carbocycles. The van der Waals surface area contributed by atoms with Gasteiger partial charge in [0.2, 0.25) is 15.9 Å². The van der Waals surface area contributed by atoms with Crippen LogP contribution in [0.1, 0.15) is 48.9 Å². The Morgan fingerprint density at radius 2 is 1.81 bits per heavy atom. The van der Waals surface area contributed by atoms with Crippen LogP contribution in [-0.2, 0) is 27.9 Å². The van der Waals surface area contributed by atoms with Crippen molar-refractivity contribution in [1.82, 2.24) is 13.8 Å². The number of nitrogens with two attached hydrogens (primary N) is 1. The predicted molar refractivity (Wildman–Crippen MR) is 142 cm³/mol. The van der Waals surface area contributed by atoms with Gasteiger partial charge in [0.05, 0.1) is 4.90 Å². The first-order chi connectivity index (χ1) is 17.3. The molecule has 3 aromatic rings. The van der Waals surface area contributed by atoms with Gasteiger partial charge in [-0.3, -0.25) is 9.69 Å². The number of anilines is 1. The Hall–Kier alpha value is -2.72. The number of fused-ring (bicyclic) bond motifs is 2. The van der Waals surface area contributed by atoms with Crippen LogP contribution in [0.3, 0.4) is 0 Å². The molecule has 0 spiro atoms. The third-order valence-corrected chi connectivity index (χ3v) is 9.35. The van der Waals surface area contributed by atoms with Gasteiger partial charge in [0, 0.05) is 62.1 Å². The van der Waals surface area contributed by atoms with Crippen molar-refractivity contribution in [3.63, 3.8) is 0 Å². The predicted octanol–water partition coefficient (Wildman–Crippen LogP) is 3.60. The summed E-state index contributed by atoms with van der Waals surface area (Å²) in [5.41, 5.74) is 10.8. The van der Waals surface area contributed by atoms with Crippen molar-refractivity contribution in [3.05, 3.63) is 59.3 Å². The molecule has 0 radical (unpaired) electrons. The van der Waals surface area contributed by atoms with E-state index in [0.29, 0.717) is 24.5 Å². The number of hydrogen-bond acceptors (Lipinski definition) is 5. The fourth-order valence-corrected chi connectivity index (χ4v) is 6.94. The van der Waals surface area contributed by atoms with Crippen LogP contribution in [0.15, 0.2) is 47.5 Å². The third-order valence-electron chi connectivity index (χ3n) is 7.46. The molecule has 1 unspecified atom stereocenters. The minimum atomic E-state index is -3.52. The Bertz CT molecular complexity index is 1390. The van der Waals surface area contributed by atoms with E-state index in [4.69, 9.17) is 5.73 Å². The van der Waals surface area contributed by atoms with E-state index >= 15 is 0 Å². The van der Waals surface area contributed by atoms with Gasteiger partial charge in [-0.25, -0.2) is 8.42 Å². The second-order valence-electron chi connectivity index (χ2n) is 10.0. The molecule has 2 aliphatic rings. The van der Waals surface area contributed by atoms with Crippen LogP contribution in [0.25, 0.3) is 10.9 Å². The number of benzene rings is 2. The molecule has 3 heterocycles. The second-order valence-corrected chi connectivity index (χ2v) is 11.9. The fourth-order valence-electron chi connectivity index (χ4n) is 5.40. The van der Waals surface area contributed by atoms with Gasteiger partial charge >= 0.3 is 0 Å². The molecule has 5 rings (SSSR count). The first kappa shape index (κ1) is 25.0. The molecular formula is C27H35N5O3S. The summed E-state index contributed by atoms with van der Waals surface area (Å²) in [7, 11) is -3.52. The summed E-state index contributed by atoms with van der Waals surface area (Å²) >= 11 is 0. The van der Waals surface area contributed by atoms with Crippen molar-refractivity contribution in [3.8, 4) is 0 Å². The number of hydrogen-bond donors (Lipinski definition) is 2. The Balaban J connectivity index is 1.35. The number of piperidine rings is 1. The summed E-state index contributed by atoms with van der Waals surface area (Å²) in [6, 6.07) is 10.9. The summed E-state index contributed by atoms with van der Waals surface area (Å²) in [5, 5.41) is 3.92. The van der Waals surface area contributed by atoms with Crippen molar-refractivity contribution >= 4 is 32.5 Å². The lowest BCUT2D eigenvalue weighted by Crippen LogP contribution is -2.35. The molecule has 1 amide bonds. The molecule has 8 nitrogen and oxygen atoms in total. The van der Waals surface area contributed by atoms with E-state index in [1.54, 1.807) is 16.4 Å². The maximum atomic E-state index is 13.2. The summed E-state index contributed by atoms with van der Waals surface area (Å²) in [6.45, 7) is 8.19. The van der Waals surface area contributed by atoms with Crippen molar-refractivity contribution < 1.29 is 13.2 Å². The molecule has 1 saturated heterocycles. The smallest absolute Gasteiger partial charge is 0.247 e. The van der Waals surface area contributed by atoms with E-state index in [0.717, 1.165) is 61.1 Å². The zero-order chi connectivity index (χ0) is 25.4. The Kier molecular flexibility index (Phi) is 6.91. The van der Waals surface area contributed by atoms with Crippen LogP contribution in [-0.4, -0.2) is 54.3 Å². The van der Waals surface area contributed by atoms with E-state index in [2.05, 4.69) is 16.3 Å². The van der Waals surface area contributed by atoms with Gasteiger partial charge in [-0.05, 0) is 73.7 Å². The van der Waals surface area contributed by atoms with Crippen LogP contribution in [0.4, 0.5) is 5.69 Å². The molecular weight excluding hydrogens is 474 g/mol. The molecule has 3 N–H and O–H groups in total. The highest BCUT2D eigenvalue weighted by molar-refractivity contribution is 7.89. The van der Waals surface area contributed by atoms with Crippen molar-refractivity contribution in [2.24, 2.45) is 5.73 Å². The number of sulfonamides is 1. The van der Waals surface area contributed by atoms with E-state index in [9.17, 15) is 13.2 Å². The molecule has 0 bridgehead atoms. The van der Waals surface area contributed by atoms with Crippen molar-refractivity contribution in [2.45, 2.75) is 57.1 Å². The molecule has 0 saturated carbocycles. The van der Waals surface area contributed by atoms with Crippen molar-refractivity contribution in [2.75, 3.05) is 31.5 Å². The average Bonchev–Trinajstić information content (AvgIpc) is 3.43. The van der Waals surface area contributed by atoms with Crippen LogP contribution in [0, 0.1) is 6.92 Å².